The van der Waals surface area contributed by atoms with Gasteiger partial charge >= 0.3 is 0 Å². The monoisotopic (exact) mass is 375 g/mol. The molecule has 0 bridgehead atoms. The summed E-state index contributed by atoms with van der Waals surface area (Å²) in [6, 6.07) is 6.64. The number of fused-ring (bicyclic) bond motifs is 1. The fourth-order valence-corrected chi connectivity index (χ4v) is 3.84. The first-order chi connectivity index (χ1) is 13.7. The highest BCUT2D eigenvalue weighted by molar-refractivity contribution is 5.78. The van der Waals surface area contributed by atoms with E-state index in [4.69, 9.17) is 14.7 Å². The lowest BCUT2D eigenvalue weighted by molar-refractivity contribution is 0.481. The van der Waals surface area contributed by atoms with Gasteiger partial charge in [0.2, 0.25) is 5.89 Å². The van der Waals surface area contributed by atoms with Gasteiger partial charge in [-0.15, -0.1) is 0 Å². The first-order valence-corrected chi connectivity index (χ1v) is 9.82. The number of nitriles is 1. The Bertz CT molecular complexity index is 994. The van der Waals surface area contributed by atoms with Crippen LogP contribution in [-0.2, 0) is 12.8 Å². The molecular weight excluding hydrogens is 353 g/mol. The standard InChI is InChI=1S/C23H22FN3O/c24-19-12-16(15-25)11-18(13-19)17-7-6-9-22-21(14-17)27-23(28-22)20-8-4-2-1-3-5-10-26-20/h3,5,8,10-13,17H,1-2,4,6-7,9,14H2. The molecule has 0 fully saturated rings. The molecule has 0 saturated carbocycles. The third kappa shape index (κ3) is 4.12. The number of hydrogen-bond acceptors (Lipinski definition) is 4. The highest BCUT2D eigenvalue weighted by Gasteiger charge is 2.24. The van der Waals surface area contributed by atoms with Crippen molar-refractivity contribution in [2.45, 2.75) is 50.9 Å². The van der Waals surface area contributed by atoms with Crippen LogP contribution in [0.2, 0.25) is 0 Å². The number of allylic oxidation sites excluding steroid dienone is 3. The average Bonchev–Trinajstić information content (AvgIpc) is 3.05. The maximum Gasteiger partial charge on any atom is 0.245 e. The van der Waals surface area contributed by atoms with E-state index in [2.05, 4.69) is 17.1 Å². The number of oxazole rings is 1. The molecule has 142 valence electrons. The molecule has 0 spiro atoms. The van der Waals surface area contributed by atoms with Crippen molar-refractivity contribution < 1.29 is 8.81 Å². The zero-order valence-electron chi connectivity index (χ0n) is 15.7. The van der Waals surface area contributed by atoms with E-state index in [-0.39, 0.29) is 11.7 Å². The molecule has 0 N–H and O–H groups in total. The Balaban J connectivity index is 1.62. The van der Waals surface area contributed by atoms with Gasteiger partial charge < -0.3 is 4.42 Å². The molecule has 4 nitrogen and oxygen atoms in total. The maximum absolute atomic E-state index is 13.9. The predicted molar refractivity (Wildman–Crippen MR) is 106 cm³/mol. The number of halogens is 1. The van der Waals surface area contributed by atoms with Crippen LogP contribution in [0.3, 0.4) is 0 Å². The molecule has 1 aliphatic carbocycles. The molecule has 1 aromatic heterocycles. The van der Waals surface area contributed by atoms with Gasteiger partial charge in [0, 0.05) is 19.1 Å². The summed E-state index contributed by atoms with van der Waals surface area (Å²) in [5.74, 6) is 1.23. The van der Waals surface area contributed by atoms with Crippen LogP contribution in [0.5, 0.6) is 0 Å². The van der Waals surface area contributed by atoms with Gasteiger partial charge in [-0.25, -0.2) is 9.37 Å². The van der Waals surface area contributed by atoms with E-state index >= 15 is 0 Å². The number of aryl methyl sites for hydroxylation is 1. The Hall–Kier alpha value is -3.00. The van der Waals surface area contributed by atoms with E-state index in [1.54, 1.807) is 12.3 Å². The first kappa shape index (κ1) is 18.4. The molecule has 2 aromatic rings. The summed E-state index contributed by atoms with van der Waals surface area (Å²) < 4.78 is 20.0. The minimum Gasteiger partial charge on any atom is -0.440 e. The summed E-state index contributed by atoms with van der Waals surface area (Å²) in [5, 5.41) is 9.14. The SMILES string of the molecule is N#Cc1cc(F)cc(C2CCCc3oc(C4=CCCCC=CC=N4)nc3C2)c1. The average molecular weight is 375 g/mol. The van der Waals surface area contributed by atoms with Gasteiger partial charge in [0.15, 0.2) is 0 Å². The summed E-state index contributed by atoms with van der Waals surface area (Å²) in [4.78, 5) is 9.25. The Labute approximate surface area is 164 Å². The molecule has 1 aliphatic heterocycles. The van der Waals surface area contributed by atoms with Gasteiger partial charge in [-0.3, -0.25) is 4.99 Å². The number of aromatic nitrogens is 1. The molecule has 0 radical (unpaired) electrons. The number of benzene rings is 1. The number of hydrogen-bond donors (Lipinski definition) is 0. The molecule has 1 aromatic carbocycles. The van der Waals surface area contributed by atoms with Crippen LogP contribution in [0, 0.1) is 17.1 Å². The minimum atomic E-state index is -0.363. The second-order valence-electron chi connectivity index (χ2n) is 7.29. The Morgan fingerprint density at radius 2 is 2.11 bits per heavy atom. The largest absolute Gasteiger partial charge is 0.440 e. The Morgan fingerprint density at radius 1 is 1.18 bits per heavy atom. The Morgan fingerprint density at radius 3 is 3.00 bits per heavy atom. The highest BCUT2D eigenvalue weighted by Crippen LogP contribution is 2.34. The van der Waals surface area contributed by atoms with Gasteiger partial charge in [0.25, 0.3) is 0 Å². The van der Waals surface area contributed by atoms with Crippen molar-refractivity contribution in [3.05, 3.63) is 70.7 Å². The number of rotatable bonds is 2. The first-order valence-electron chi connectivity index (χ1n) is 9.82. The smallest absolute Gasteiger partial charge is 0.245 e. The van der Waals surface area contributed by atoms with E-state index in [0.29, 0.717) is 17.9 Å². The van der Waals surface area contributed by atoms with Crippen molar-refractivity contribution in [2.24, 2.45) is 4.99 Å². The third-order valence-corrected chi connectivity index (χ3v) is 5.26. The number of aliphatic imine (C=N–C) groups is 1. The fourth-order valence-electron chi connectivity index (χ4n) is 3.84. The summed E-state index contributed by atoms with van der Waals surface area (Å²) >= 11 is 0. The molecule has 5 heteroatoms. The van der Waals surface area contributed by atoms with Crippen molar-refractivity contribution in [1.82, 2.24) is 4.98 Å². The molecule has 1 atom stereocenters. The maximum atomic E-state index is 13.9. The van der Waals surface area contributed by atoms with Crippen LogP contribution >= 0.6 is 0 Å². The van der Waals surface area contributed by atoms with Gasteiger partial charge in [-0.1, -0.05) is 12.2 Å². The van der Waals surface area contributed by atoms with E-state index in [1.807, 2.05) is 12.1 Å². The van der Waals surface area contributed by atoms with Crippen molar-refractivity contribution in [1.29, 1.82) is 5.26 Å². The van der Waals surface area contributed by atoms with E-state index in [0.717, 1.165) is 61.2 Å². The lowest BCUT2D eigenvalue weighted by Gasteiger charge is -2.14. The van der Waals surface area contributed by atoms with Gasteiger partial charge in [-0.2, -0.15) is 5.26 Å². The summed E-state index contributed by atoms with van der Waals surface area (Å²) in [5.41, 5.74) is 2.91. The second-order valence-corrected chi connectivity index (χ2v) is 7.29. The van der Waals surface area contributed by atoms with Gasteiger partial charge in [0.1, 0.15) is 17.3 Å². The summed E-state index contributed by atoms with van der Waals surface area (Å²) in [7, 11) is 0. The molecule has 1 unspecified atom stereocenters. The van der Waals surface area contributed by atoms with Crippen molar-refractivity contribution in [3.63, 3.8) is 0 Å². The van der Waals surface area contributed by atoms with Crippen LogP contribution < -0.4 is 0 Å². The highest BCUT2D eigenvalue weighted by atomic mass is 19.1. The quantitative estimate of drug-likeness (QED) is 0.651. The molecule has 0 amide bonds. The molecule has 2 heterocycles. The van der Waals surface area contributed by atoms with Crippen LogP contribution in [0.25, 0.3) is 5.70 Å². The Kier molecular flexibility index (Phi) is 5.48. The van der Waals surface area contributed by atoms with E-state index < -0.39 is 0 Å². The lowest BCUT2D eigenvalue weighted by Crippen LogP contribution is -2.03. The van der Waals surface area contributed by atoms with Crippen molar-refractivity contribution >= 4 is 11.9 Å². The lowest BCUT2D eigenvalue weighted by atomic mass is 9.90. The summed E-state index contributed by atoms with van der Waals surface area (Å²) in [6.07, 6.45) is 14.3. The van der Waals surface area contributed by atoms with Crippen LogP contribution in [0.1, 0.15) is 66.5 Å². The van der Waals surface area contributed by atoms with E-state index in [9.17, 15) is 4.39 Å². The normalized spacial score (nSPS) is 19.6. The van der Waals surface area contributed by atoms with Crippen LogP contribution in [-0.4, -0.2) is 11.2 Å². The fraction of sp³-hybridized carbons (Fsp3) is 0.348. The zero-order chi connectivity index (χ0) is 19.3. The zero-order valence-corrected chi connectivity index (χ0v) is 15.7. The van der Waals surface area contributed by atoms with Gasteiger partial charge in [-0.05, 0) is 67.9 Å². The predicted octanol–water partition coefficient (Wildman–Crippen LogP) is 5.50. The number of nitrogens with zero attached hydrogens (tertiary/aromatic N) is 3. The van der Waals surface area contributed by atoms with Crippen LogP contribution in [0.15, 0.2) is 45.8 Å². The second kappa shape index (κ2) is 8.35. The van der Waals surface area contributed by atoms with Crippen molar-refractivity contribution in [2.75, 3.05) is 0 Å². The minimum absolute atomic E-state index is 0.128. The topological polar surface area (TPSA) is 62.2 Å². The van der Waals surface area contributed by atoms with E-state index in [1.165, 1.54) is 12.1 Å². The van der Waals surface area contributed by atoms with Crippen LogP contribution in [0.4, 0.5) is 4.39 Å². The third-order valence-electron chi connectivity index (χ3n) is 5.26. The molecule has 4 rings (SSSR count). The van der Waals surface area contributed by atoms with Crippen molar-refractivity contribution in [3.8, 4) is 6.07 Å². The summed E-state index contributed by atoms with van der Waals surface area (Å²) in [6.45, 7) is 0. The van der Waals surface area contributed by atoms with Gasteiger partial charge in [0.05, 0.1) is 17.3 Å². The molecular formula is C23H22FN3O. The molecule has 28 heavy (non-hydrogen) atoms. The molecule has 0 saturated heterocycles. The molecule has 2 aliphatic rings.